The summed E-state index contributed by atoms with van der Waals surface area (Å²) in [6, 6.07) is 19.0. The summed E-state index contributed by atoms with van der Waals surface area (Å²) in [5.74, 6) is 0. The van der Waals surface area contributed by atoms with Gasteiger partial charge < -0.3 is 4.90 Å². The van der Waals surface area contributed by atoms with Crippen LogP contribution in [0.5, 0.6) is 0 Å². The van der Waals surface area contributed by atoms with E-state index in [1.54, 1.807) is 12.1 Å². The van der Waals surface area contributed by atoms with Gasteiger partial charge in [0, 0.05) is 26.2 Å². The number of nitrogens with zero attached hydrogens (tertiary/aromatic N) is 3. The van der Waals surface area contributed by atoms with Crippen molar-refractivity contribution in [2.45, 2.75) is 41.7 Å². The first-order chi connectivity index (χ1) is 14.6. The van der Waals surface area contributed by atoms with Crippen LogP contribution in [0.4, 0.5) is 5.69 Å². The molecule has 158 valence electrons. The van der Waals surface area contributed by atoms with Gasteiger partial charge in [-0.2, -0.15) is 5.26 Å². The molecule has 0 atom stereocenters. The van der Waals surface area contributed by atoms with Crippen LogP contribution in [0.2, 0.25) is 0 Å². The van der Waals surface area contributed by atoms with Gasteiger partial charge in [0.1, 0.15) is 6.07 Å². The summed E-state index contributed by atoms with van der Waals surface area (Å²) in [5, 5.41) is 9.33. The van der Waals surface area contributed by atoms with E-state index >= 15 is 0 Å². The van der Waals surface area contributed by atoms with Crippen molar-refractivity contribution in [2.24, 2.45) is 0 Å². The molecule has 0 bridgehead atoms. The molecule has 0 unspecified atom stereocenters. The molecular weight excluding hydrogens is 394 g/mol. The van der Waals surface area contributed by atoms with Crippen LogP contribution in [0.25, 0.3) is 0 Å². The van der Waals surface area contributed by atoms with Gasteiger partial charge in [-0.15, -0.1) is 0 Å². The Hall–Kier alpha value is -2.36. The predicted octanol–water partition coefficient (Wildman–Crippen LogP) is 3.86. The monoisotopic (exact) mass is 423 g/mol. The lowest BCUT2D eigenvalue weighted by Gasteiger charge is -2.42. The average molecular weight is 424 g/mol. The number of piperazine rings is 1. The Kier molecular flexibility index (Phi) is 6.12. The van der Waals surface area contributed by atoms with Crippen LogP contribution >= 0.6 is 0 Å². The van der Waals surface area contributed by atoms with Gasteiger partial charge in [-0.25, -0.2) is 8.42 Å². The molecule has 1 aliphatic carbocycles. The van der Waals surface area contributed by atoms with E-state index in [1.807, 2.05) is 42.5 Å². The van der Waals surface area contributed by atoms with Crippen LogP contribution in [0.1, 0.15) is 37.7 Å². The molecule has 1 aliphatic heterocycles. The van der Waals surface area contributed by atoms with E-state index in [0.29, 0.717) is 4.90 Å². The Balaban J connectivity index is 1.31. The third-order valence-corrected chi connectivity index (χ3v) is 9.38. The maximum absolute atomic E-state index is 13.2. The number of anilines is 1. The summed E-state index contributed by atoms with van der Waals surface area (Å²) in [6.45, 7) is 4.61. The zero-order valence-corrected chi connectivity index (χ0v) is 18.2. The number of benzene rings is 2. The van der Waals surface area contributed by atoms with Gasteiger partial charge in [0.2, 0.25) is 0 Å². The number of hydrogen-bond acceptors (Lipinski definition) is 5. The Bertz CT molecular complexity index is 1000. The topological polar surface area (TPSA) is 64.4 Å². The first-order valence-corrected chi connectivity index (χ1v) is 12.3. The van der Waals surface area contributed by atoms with Crippen LogP contribution in [0.3, 0.4) is 0 Å². The molecule has 1 saturated carbocycles. The lowest BCUT2D eigenvalue weighted by molar-refractivity contribution is 0.234. The highest BCUT2D eigenvalue weighted by molar-refractivity contribution is 7.93. The van der Waals surface area contributed by atoms with Crippen molar-refractivity contribution >= 4 is 15.5 Å². The summed E-state index contributed by atoms with van der Waals surface area (Å²) in [5.41, 5.74) is 1.74. The minimum atomic E-state index is -3.28. The molecule has 2 aromatic carbocycles. The van der Waals surface area contributed by atoms with Gasteiger partial charge >= 0.3 is 0 Å². The second-order valence-electron chi connectivity index (χ2n) is 8.41. The van der Waals surface area contributed by atoms with E-state index in [1.165, 1.54) is 0 Å². The first-order valence-electron chi connectivity index (χ1n) is 10.8. The van der Waals surface area contributed by atoms with E-state index in [9.17, 15) is 13.7 Å². The zero-order chi connectivity index (χ0) is 21.0. The Morgan fingerprint density at radius 1 is 0.933 bits per heavy atom. The van der Waals surface area contributed by atoms with E-state index in [-0.39, 0.29) is 0 Å². The lowest BCUT2D eigenvalue weighted by atomic mass is 9.81. The lowest BCUT2D eigenvalue weighted by Crippen LogP contribution is -2.48. The molecule has 2 aliphatic rings. The summed E-state index contributed by atoms with van der Waals surface area (Å²) < 4.78 is 25.9. The summed E-state index contributed by atoms with van der Waals surface area (Å²) in [7, 11) is -3.28. The predicted molar refractivity (Wildman–Crippen MR) is 119 cm³/mol. The van der Waals surface area contributed by atoms with Crippen molar-refractivity contribution in [2.75, 3.05) is 37.6 Å². The molecule has 1 saturated heterocycles. The van der Waals surface area contributed by atoms with Crippen molar-refractivity contribution < 1.29 is 8.42 Å². The molecule has 2 aromatic rings. The Morgan fingerprint density at radius 2 is 1.60 bits per heavy atom. The quantitative estimate of drug-likeness (QED) is 0.677. The summed E-state index contributed by atoms with van der Waals surface area (Å²) in [4.78, 5) is 5.17. The molecular formula is C24H29N3O2S. The fourth-order valence-electron chi connectivity index (χ4n) is 4.76. The summed E-state index contributed by atoms with van der Waals surface area (Å²) >= 11 is 0. The minimum absolute atomic E-state index is 0.467. The molecule has 0 spiro atoms. The molecule has 0 radical (unpaired) electrons. The van der Waals surface area contributed by atoms with Gasteiger partial charge in [-0.1, -0.05) is 36.8 Å². The molecule has 0 N–H and O–H groups in total. The van der Waals surface area contributed by atoms with Crippen LogP contribution in [0, 0.1) is 11.3 Å². The highest BCUT2D eigenvalue weighted by Crippen LogP contribution is 2.46. The van der Waals surface area contributed by atoms with Gasteiger partial charge in [0.25, 0.3) is 0 Å². The number of para-hydroxylation sites is 1. The molecule has 0 amide bonds. The third kappa shape index (κ3) is 3.97. The smallest absolute Gasteiger partial charge is 0.184 e. The second-order valence-corrected chi connectivity index (χ2v) is 10.8. The van der Waals surface area contributed by atoms with Crippen molar-refractivity contribution in [1.29, 1.82) is 5.26 Å². The maximum Gasteiger partial charge on any atom is 0.184 e. The van der Waals surface area contributed by atoms with E-state index in [0.717, 1.165) is 76.1 Å². The van der Waals surface area contributed by atoms with Crippen LogP contribution in [-0.4, -0.2) is 50.8 Å². The van der Waals surface area contributed by atoms with Crippen LogP contribution < -0.4 is 4.90 Å². The van der Waals surface area contributed by atoms with Crippen molar-refractivity contribution in [3.8, 4) is 6.07 Å². The van der Waals surface area contributed by atoms with Gasteiger partial charge in [0.15, 0.2) is 9.84 Å². The zero-order valence-electron chi connectivity index (χ0n) is 17.3. The Labute approximate surface area is 179 Å². The fraction of sp³-hybridized carbons (Fsp3) is 0.458. The standard InChI is InChI=1S/C24H29N3O2S/c25-20-21-8-4-5-11-23(21)27-18-16-26(17-19-27)15-7-14-24(12-6-13-24)30(28,29)22-9-2-1-3-10-22/h1-5,8-11H,6-7,12-19H2. The van der Waals surface area contributed by atoms with E-state index in [4.69, 9.17) is 0 Å². The highest BCUT2D eigenvalue weighted by atomic mass is 32.2. The van der Waals surface area contributed by atoms with Crippen molar-refractivity contribution in [1.82, 2.24) is 4.90 Å². The number of sulfone groups is 1. The second kappa shape index (κ2) is 8.79. The summed E-state index contributed by atoms with van der Waals surface area (Å²) in [6.07, 6.45) is 4.21. The van der Waals surface area contributed by atoms with Gasteiger partial charge in [0.05, 0.1) is 20.9 Å². The fourth-order valence-corrected chi connectivity index (χ4v) is 7.01. The molecule has 6 heteroatoms. The largest absolute Gasteiger partial charge is 0.368 e. The molecule has 4 rings (SSSR count). The maximum atomic E-state index is 13.2. The van der Waals surface area contributed by atoms with E-state index in [2.05, 4.69) is 15.9 Å². The Morgan fingerprint density at radius 3 is 2.23 bits per heavy atom. The number of rotatable bonds is 7. The average Bonchev–Trinajstić information content (AvgIpc) is 2.76. The van der Waals surface area contributed by atoms with Gasteiger partial charge in [-0.05, 0) is 56.5 Å². The minimum Gasteiger partial charge on any atom is -0.368 e. The molecule has 2 fully saturated rings. The third-order valence-electron chi connectivity index (χ3n) is 6.73. The van der Waals surface area contributed by atoms with Crippen molar-refractivity contribution in [3.63, 3.8) is 0 Å². The van der Waals surface area contributed by atoms with Crippen LogP contribution in [0.15, 0.2) is 59.5 Å². The number of nitriles is 1. The molecule has 0 aromatic heterocycles. The number of hydrogen-bond donors (Lipinski definition) is 0. The highest BCUT2D eigenvalue weighted by Gasteiger charge is 2.48. The van der Waals surface area contributed by atoms with Gasteiger partial charge in [-0.3, -0.25) is 4.90 Å². The first kappa shape index (κ1) is 20.9. The van der Waals surface area contributed by atoms with Crippen molar-refractivity contribution in [3.05, 3.63) is 60.2 Å². The molecule has 30 heavy (non-hydrogen) atoms. The van der Waals surface area contributed by atoms with Crippen LogP contribution in [-0.2, 0) is 9.84 Å². The molecule has 5 nitrogen and oxygen atoms in total. The normalized spacial score (nSPS) is 19.1. The SMILES string of the molecule is N#Cc1ccccc1N1CCN(CCCC2(S(=O)(=O)c3ccccc3)CCC2)CC1. The molecule has 1 heterocycles. The van der Waals surface area contributed by atoms with E-state index < -0.39 is 14.6 Å².